The molecule has 5 heteroatoms. The van der Waals surface area contributed by atoms with Crippen LogP contribution >= 0.6 is 27.5 Å². The largest absolute Gasteiger partial charge is 0.438 e. The minimum absolute atomic E-state index is 0.351. The molecule has 2 rings (SSSR count). The molecular weight excluding hydrogens is 257 g/mol. The minimum atomic E-state index is -0.843. The van der Waals surface area contributed by atoms with Gasteiger partial charge in [-0.2, -0.15) is 0 Å². The molecule has 0 saturated carbocycles. The van der Waals surface area contributed by atoms with Gasteiger partial charge >= 0.3 is 5.97 Å². The number of cyclic esters (lactones) is 1. The molecule has 0 fully saturated rings. The number of rotatable bonds is 0. The van der Waals surface area contributed by atoms with Gasteiger partial charge in [-0.1, -0.05) is 11.6 Å². The molecule has 1 unspecified atom stereocenters. The number of pyridine rings is 1. The van der Waals surface area contributed by atoms with Gasteiger partial charge in [0.05, 0.1) is 5.02 Å². The minimum Gasteiger partial charge on any atom is -0.438 e. The third-order valence-corrected chi connectivity index (χ3v) is 2.66. The Balaban J connectivity index is 2.72. The van der Waals surface area contributed by atoms with Crippen molar-refractivity contribution in [2.75, 3.05) is 0 Å². The third kappa shape index (κ3) is 1.25. The maximum atomic E-state index is 11.3. The summed E-state index contributed by atoms with van der Waals surface area (Å²) in [6, 6.07) is 1.57. The molecule has 1 aromatic rings. The molecule has 13 heavy (non-hydrogen) atoms. The number of alkyl halides is 1. The van der Waals surface area contributed by atoms with Crippen LogP contribution in [0.25, 0.3) is 0 Å². The molecule has 0 bridgehead atoms. The summed E-state index contributed by atoms with van der Waals surface area (Å²) >= 11 is 9.08. The number of halogens is 2. The number of hydrogen-bond acceptors (Lipinski definition) is 3. The van der Waals surface area contributed by atoms with Crippen LogP contribution in [-0.2, 0) is 9.25 Å². The predicted octanol–water partition coefficient (Wildman–Crippen LogP) is 2.47. The molecule has 0 spiro atoms. The van der Waals surface area contributed by atoms with E-state index in [2.05, 4.69) is 20.9 Å². The van der Waals surface area contributed by atoms with Crippen LogP contribution in [-0.4, -0.2) is 11.0 Å². The number of carbonyl (C=O) groups excluding carboxylic acids is 1. The Labute approximate surface area is 88.2 Å². The van der Waals surface area contributed by atoms with Crippen molar-refractivity contribution in [3.8, 4) is 0 Å². The summed E-state index contributed by atoms with van der Waals surface area (Å²) < 4.78 is 4.19. The van der Waals surface area contributed by atoms with E-state index in [0.717, 1.165) is 0 Å². The topological polar surface area (TPSA) is 39.2 Å². The number of hydrogen-bond donors (Lipinski definition) is 0. The fourth-order valence-electron chi connectivity index (χ4n) is 1.24. The van der Waals surface area contributed by atoms with E-state index in [1.165, 1.54) is 0 Å². The normalized spacial score (nSPS) is 25.6. The quantitative estimate of drug-likeness (QED) is 0.532. The Hall–Kier alpha value is -0.610. The van der Waals surface area contributed by atoms with Crippen molar-refractivity contribution in [3.05, 3.63) is 28.5 Å². The molecule has 0 radical (unpaired) electrons. The second-order valence-electron chi connectivity index (χ2n) is 2.82. The number of fused-ring (bicyclic) bond motifs is 1. The van der Waals surface area contributed by atoms with E-state index in [-0.39, 0.29) is 0 Å². The lowest BCUT2D eigenvalue weighted by Gasteiger charge is -2.13. The maximum absolute atomic E-state index is 11.3. The SMILES string of the molecule is CC1(Br)OC(=O)c2c(Cl)ccnc21. The standard InChI is InChI=1S/C8H5BrClNO2/c1-8(9)6-5(7(12)13-8)4(10)2-3-11-6/h2-3H,1H3. The van der Waals surface area contributed by atoms with Gasteiger partial charge in [-0.05, 0) is 28.9 Å². The van der Waals surface area contributed by atoms with Crippen LogP contribution in [0.3, 0.4) is 0 Å². The Bertz CT molecular complexity index is 392. The van der Waals surface area contributed by atoms with Crippen LogP contribution in [0.1, 0.15) is 23.0 Å². The highest BCUT2D eigenvalue weighted by Gasteiger charge is 2.42. The van der Waals surface area contributed by atoms with Crippen LogP contribution < -0.4 is 0 Å². The first-order valence-electron chi connectivity index (χ1n) is 3.59. The summed E-state index contributed by atoms with van der Waals surface area (Å²) in [5.74, 6) is -0.438. The molecule has 0 amide bonds. The first-order chi connectivity index (χ1) is 6.02. The van der Waals surface area contributed by atoms with Crippen LogP contribution in [0.15, 0.2) is 12.3 Å². The van der Waals surface area contributed by atoms with Gasteiger partial charge in [0.1, 0.15) is 11.3 Å². The van der Waals surface area contributed by atoms with Gasteiger partial charge in [-0.3, -0.25) is 4.98 Å². The van der Waals surface area contributed by atoms with Crippen molar-refractivity contribution in [1.29, 1.82) is 0 Å². The van der Waals surface area contributed by atoms with E-state index < -0.39 is 10.5 Å². The molecule has 2 heterocycles. The van der Waals surface area contributed by atoms with Gasteiger partial charge in [0.2, 0.25) is 4.51 Å². The Morgan fingerprint density at radius 2 is 2.38 bits per heavy atom. The molecule has 3 nitrogen and oxygen atoms in total. The molecule has 0 aliphatic carbocycles. The monoisotopic (exact) mass is 261 g/mol. The molecule has 68 valence electrons. The van der Waals surface area contributed by atoms with E-state index in [0.29, 0.717) is 16.3 Å². The summed E-state index contributed by atoms with van der Waals surface area (Å²) in [4.78, 5) is 15.4. The third-order valence-electron chi connectivity index (χ3n) is 1.81. The lowest BCUT2D eigenvalue weighted by Crippen LogP contribution is -2.12. The lowest BCUT2D eigenvalue weighted by molar-refractivity contribution is 0.0351. The zero-order valence-electron chi connectivity index (χ0n) is 6.67. The molecule has 1 aliphatic heterocycles. The fraction of sp³-hybridized carbons (Fsp3) is 0.250. The van der Waals surface area contributed by atoms with Crippen molar-refractivity contribution >= 4 is 33.5 Å². The van der Waals surface area contributed by atoms with Gasteiger partial charge in [0, 0.05) is 6.20 Å². The van der Waals surface area contributed by atoms with Crippen molar-refractivity contribution in [1.82, 2.24) is 4.98 Å². The van der Waals surface area contributed by atoms with Crippen LogP contribution in [0.4, 0.5) is 0 Å². The Morgan fingerprint density at radius 1 is 1.69 bits per heavy atom. The smallest absolute Gasteiger partial charge is 0.343 e. The summed E-state index contributed by atoms with van der Waals surface area (Å²) in [5, 5.41) is 0.373. The summed E-state index contributed by atoms with van der Waals surface area (Å²) in [7, 11) is 0. The molecule has 1 atom stereocenters. The first-order valence-corrected chi connectivity index (χ1v) is 4.77. The summed E-state index contributed by atoms with van der Waals surface area (Å²) in [5.41, 5.74) is 0.883. The van der Waals surface area contributed by atoms with Gasteiger partial charge < -0.3 is 4.74 Å². The summed E-state index contributed by atoms with van der Waals surface area (Å²) in [6.07, 6.45) is 1.54. The predicted molar refractivity (Wildman–Crippen MR) is 50.9 cm³/mol. The second kappa shape index (κ2) is 2.69. The van der Waals surface area contributed by atoms with Crippen LogP contribution in [0, 0.1) is 0 Å². The van der Waals surface area contributed by atoms with Crippen LogP contribution in [0.2, 0.25) is 5.02 Å². The second-order valence-corrected chi connectivity index (χ2v) is 4.74. The number of aromatic nitrogens is 1. The summed E-state index contributed by atoms with van der Waals surface area (Å²) in [6.45, 7) is 1.71. The number of nitrogens with zero attached hydrogens (tertiary/aromatic N) is 1. The highest BCUT2D eigenvalue weighted by atomic mass is 79.9. The van der Waals surface area contributed by atoms with Crippen molar-refractivity contribution < 1.29 is 9.53 Å². The molecule has 1 aromatic heterocycles. The highest BCUT2D eigenvalue weighted by molar-refractivity contribution is 9.09. The maximum Gasteiger partial charge on any atom is 0.343 e. The Morgan fingerprint density at radius 3 is 3.00 bits per heavy atom. The molecule has 1 aliphatic rings. The molecule has 0 aromatic carbocycles. The van der Waals surface area contributed by atoms with E-state index >= 15 is 0 Å². The highest BCUT2D eigenvalue weighted by Crippen LogP contribution is 2.41. The fourth-order valence-corrected chi connectivity index (χ4v) is 1.92. The van der Waals surface area contributed by atoms with Gasteiger partial charge in [0.25, 0.3) is 0 Å². The number of carbonyl (C=O) groups is 1. The molecule has 0 N–H and O–H groups in total. The van der Waals surface area contributed by atoms with Gasteiger partial charge in [0.15, 0.2) is 0 Å². The lowest BCUT2D eigenvalue weighted by atomic mass is 10.2. The average Bonchev–Trinajstić information content (AvgIpc) is 2.24. The molecular formula is C8H5BrClNO2. The van der Waals surface area contributed by atoms with Crippen molar-refractivity contribution in [2.24, 2.45) is 0 Å². The molecule has 0 saturated heterocycles. The van der Waals surface area contributed by atoms with E-state index in [1.54, 1.807) is 19.2 Å². The van der Waals surface area contributed by atoms with Crippen molar-refractivity contribution in [2.45, 2.75) is 11.4 Å². The number of ether oxygens (including phenoxy) is 1. The van der Waals surface area contributed by atoms with Crippen LogP contribution in [0.5, 0.6) is 0 Å². The zero-order valence-corrected chi connectivity index (χ0v) is 9.02. The van der Waals surface area contributed by atoms with E-state index in [9.17, 15) is 4.79 Å². The average molecular weight is 262 g/mol. The van der Waals surface area contributed by atoms with E-state index in [4.69, 9.17) is 16.3 Å². The number of esters is 1. The Kier molecular flexibility index (Phi) is 1.85. The van der Waals surface area contributed by atoms with E-state index in [1.807, 2.05) is 0 Å². The van der Waals surface area contributed by atoms with Crippen molar-refractivity contribution in [3.63, 3.8) is 0 Å². The van der Waals surface area contributed by atoms with Gasteiger partial charge in [-0.25, -0.2) is 4.79 Å². The van der Waals surface area contributed by atoms with Gasteiger partial charge in [-0.15, -0.1) is 0 Å². The first kappa shape index (κ1) is 8.97. The zero-order chi connectivity index (χ0) is 9.64.